The standard InChI is InChI=1S/C26H25F2N7O2S.C21H17ClF2N4.C21H19F2N5.C21H18F2N4O/c1-25(2)16-7-10-26(25,23-15(16)13-19(32-33-23)22-17(27)5-4-6-18(22)28)20-8-11-29-24(31-20)35-14-30-21(34-35)9-12-38(3,36)37;1-20(2)12-6-8-21(20,16-7-9-25-19(22)26-16)18-11(12)10-15(27-28-18)17-13(23)4-3-5-14(17)24;1-20(2)12-6-8-21(20,16-7-9-25-19(24)26-16)18-11(12)10-15(27-28-18)17-13(22)4-3-5-14(17)23;1-20(2)12-6-8-21(20,16-7-9-24-19(28)25-16)18-11(12)10-15(26-27-18)17-13(22)4-3-5-14(17)23/h4-6,8,11,13-14,16H,7,9-10,12H2,1-3H3;3-5,7,9-10,12H,6,8H2,1-2H3;3-5,7,9-10,12H,6,8H2,1-2H3,(H2,24,25,26);3-5,7,9-10,12H,6,8H2,1-2H3,(H,24,25,28)/t16-,26-;3*12-,21-/m0000/s1. The van der Waals surface area contributed by atoms with Crippen molar-refractivity contribution < 1.29 is 43.5 Å². The van der Waals surface area contributed by atoms with Gasteiger partial charge in [-0.1, -0.05) is 79.7 Å². The molecule has 0 amide bonds. The van der Waals surface area contributed by atoms with Crippen LogP contribution in [0.15, 0.2) is 157 Å². The number of anilines is 1. The van der Waals surface area contributed by atoms with Crippen molar-refractivity contribution in [3.8, 4) is 51.0 Å². The van der Waals surface area contributed by atoms with Crippen LogP contribution in [0.4, 0.5) is 41.1 Å². The molecule has 33 heteroatoms. The topological polar surface area (TPSA) is 317 Å². The van der Waals surface area contributed by atoms with Gasteiger partial charge in [0.05, 0.1) is 112 Å². The second-order valence-corrected chi connectivity index (χ2v) is 37.5. The number of fused-ring (bicyclic) bond motifs is 20. The molecular weight excluding hydrogens is 1620 g/mol. The fourth-order valence-corrected chi connectivity index (χ4v) is 23.0. The van der Waals surface area contributed by atoms with Crippen LogP contribution in [0.5, 0.6) is 0 Å². The summed E-state index contributed by atoms with van der Waals surface area (Å²) in [5, 5.41) is 39.4. The fourth-order valence-electron chi connectivity index (χ4n) is 22.3. The summed E-state index contributed by atoms with van der Waals surface area (Å²) in [5.74, 6) is -3.75. The predicted octanol–water partition coefficient (Wildman–Crippen LogP) is 16.4. The number of nitrogens with one attached hydrogen (secondary N) is 1. The van der Waals surface area contributed by atoms with E-state index in [1.54, 1.807) is 42.9 Å². The Morgan fingerprint density at radius 1 is 0.434 bits per heavy atom. The number of rotatable bonds is 12. The Balaban J connectivity index is 0.000000112. The number of aromatic nitrogens is 19. The average Bonchev–Trinajstić information content (AvgIpc) is 1.53. The highest BCUT2D eigenvalue weighted by Crippen LogP contribution is 2.73. The number of nitrogen functional groups attached to an aromatic ring is 1. The zero-order valence-electron chi connectivity index (χ0n) is 67.5. The van der Waals surface area contributed by atoms with E-state index in [4.69, 9.17) is 22.3 Å². The van der Waals surface area contributed by atoms with E-state index in [9.17, 15) is 48.3 Å². The summed E-state index contributed by atoms with van der Waals surface area (Å²) in [6, 6.07) is 29.6. The molecule has 9 heterocycles. The van der Waals surface area contributed by atoms with Gasteiger partial charge in [-0.15, -0.1) is 25.5 Å². The quantitative estimate of drug-likeness (QED) is 0.0848. The van der Waals surface area contributed by atoms with Crippen LogP contribution in [0.25, 0.3) is 51.0 Å². The highest BCUT2D eigenvalue weighted by Gasteiger charge is 2.69. The van der Waals surface area contributed by atoms with Crippen LogP contribution in [0, 0.1) is 68.2 Å². The minimum Gasteiger partial charge on any atom is -0.368 e. The predicted molar refractivity (Wildman–Crippen MR) is 434 cm³/mol. The van der Waals surface area contributed by atoms with Crippen LogP contribution in [-0.4, -0.2) is 116 Å². The molecule has 622 valence electrons. The van der Waals surface area contributed by atoms with Crippen LogP contribution in [0.2, 0.25) is 5.28 Å². The van der Waals surface area contributed by atoms with E-state index in [1.807, 2.05) is 24.3 Å². The summed E-state index contributed by atoms with van der Waals surface area (Å²) in [4.78, 5) is 48.9. The molecule has 8 atom stereocenters. The van der Waals surface area contributed by atoms with Crippen molar-refractivity contribution in [2.75, 3.05) is 17.7 Å². The molecule has 4 aromatic carbocycles. The lowest BCUT2D eigenvalue weighted by Crippen LogP contribution is -2.39. The van der Waals surface area contributed by atoms with E-state index in [0.717, 1.165) is 119 Å². The highest BCUT2D eigenvalue weighted by molar-refractivity contribution is 7.90. The Bertz CT molecular complexity index is 6400. The zero-order chi connectivity index (χ0) is 85.9. The molecule has 3 N–H and O–H groups in total. The average molecular weight is 1700 g/mol. The first kappa shape index (κ1) is 81.0. The van der Waals surface area contributed by atoms with Crippen molar-refractivity contribution in [2.24, 2.45) is 21.7 Å². The molecule has 0 saturated heterocycles. The van der Waals surface area contributed by atoms with Crippen LogP contribution in [0.1, 0.15) is 204 Å². The summed E-state index contributed by atoms with van der Waals surface area (Å²) in [6.07, 6.45) is 16.3. The maximum atomic E-state index is 14.5. The number of hydrogen-bond acceptors (Lipinski definition) is 21. The van der Waals surface area contributed by atoms with Gasteiger partial charge in [-0.25, -0.2) is 88.2 Å². The van der Waals surface area contributed by atoms with Crippen LogP contribution in [0.3, 0.4) is 0 Å². The summed E-state index contributed by atoms with van der Waals surface area (Å²) >= 11 is 6.07. The Hall–Kier alpha value is -12.1. The van der Waals surface area contributed by atoms with Gasteiger partial charge in [0.1, 0.15) is 62.7 Å². The second kappa shape index (κ2) is 29.1. The van der Waals surface area contributed by atoms with Gasteiger partial charge in [0.15, 0.2) is 5.82 Å². The van der Waals surface area contributed by atoms with Gasteiger partial charge in [0, 0.05) is 43.2 Å². The van der Waals surface area contributed by atoms with Crippen molar-refractivity contribution in [2.45, 2.75) is 159 Å². The summed E-state index contributed by atoms with van der Waals surface area (Å²) in [6.45, 7) is 17.4. The maximum absolute atomic E-state index is 14.5. The van der Waals surface area contributed by atoms with Crippen LogP contribution < -0.4 is 11.4 Å². The number of halogens is 9. The molecule has 8 bridgehead atoms. The van der Waals surface area contributed by atoms with Gasteiger partial charge in [0.2, 0.25) is 11.2 Å². The Kier molecular flexibility index (Phi) is 19.3. The second-order valence-electron chi connectivity index (χ2n) is 34.9. The third-order valence-electron chi connectivity index (χ3n) is 28.2. The van der Waals surface area contributed by atoms with Crippen molar-refractivity contribution in [1.29, 1.82) is 0 Å². The molecule has 9 aromatic heterocycles. The zero-order valence-corrected chi connectivity index (χ0v) is 69.0. The lowest BCUT2D eigenvalue weighted by atomic mass is 9.66. The SMILES string of the molecule is CC1(C)[C@H]2CC[C@]1(c1ccnc(-n3cnc(CCS(C)(=O)=O)n3)n1)c1nnc(-c3c(F)cccc3F)cc12.CC1(C)[C@H]2CC[C@]1(c1ccnc(=O)[nH]1)c1nnc(-c3c(F)cccc3F)cc12.CC1(C)[C@H]2CC[C@]1(c1ccnc(Cl)n1)c1nnc(-c3c(F)cccc3F)cc12.CC1(C)[C@H]2CC[C@]1(c1ccnc(N)n1)c1nnc(-c3c(F)cccc3F)cc12. The van der Waals surface area contributed by atoms with Crippen molar-refractivity contribution in [1.82, 2.24) is 95.4 Å². The number of nitrogens with zero attached hydrogens (tertiary/aromatic N) is 18. The van der Waals surface area contributed by atoms with E-state index in [1.165, 1.54) is 96.3 Å². The largest absolute Gasteiger partial charge is 0.368 e. The van der Waals surface area contributed by atoms with Crippen molar-refractivity contribution >= 4 is 27.4 Å². The number of H-pyrrole nitrogens is 1. The number of sulfone groups is 1. The van der Waals surface area contributed by atoms with E-state index in [-0.39, 0.29) is 114 Å². The first-order chi connectivity index (χ1) is 58.1. The third-order valence-corrected chi connectivity index (χ3v) is 29.4. The number of benzene rings is 4. The van der Waals surface area contributed by atoms with E-state index >= 15 is 0 Å². The normalized spacial score (nSPS) is 23.5. The Labute approximate surface area is 699 Å². The fraction of sp³-hybridized carbons (Fsp3) is 0.348. The molecule has 8 aliphatic carbocycles. The van der Waals surface area contributed by atoms with Gasteiger partial charge in [-0.05, 0) is 228 Å². The molecule has 122 heavy (non-hydrogen) atoms. The lowest BCUT2D eigenvalue weighted by Gasteiger charge is -2.37. The number of aryl methyl sites for hydroxylation is 1. The molecular formula is C89H79ClF8N20O3S. The molecule has 4 fully saturated rings. The summed E-state index contributed by atoms with van der Waals surface area (Å²) in [5.41, 5.74) is 12.9. The van der Waals surface area contributed by atoms with Gasteiger partial charge in [-0.3, -0.25) is 0 Å². The molecule has 0 aliphatic heterocycles. The molecule has 0 radical (unpaired) electrons. The van der Waals surface area contributed by atoms with Crippen molar-refractivity contribution in [3.05, 3.63) is 288 Å². The minimum absolute atomic E-state index is 0.0508. The smallest absolute Gasteiger partial charge is 0.345 e. The minimum atomic E-state index is -3.14. The van der Waals surface area contributed by atoms with Gasteiger partial charge in [-0.2, -0.15) is 25.1 Å². The van der Waals surface area contributed by atoms with Crippen molar-refractivity contribution in [3.63, 3.8) is 0 Å². The number of hydrogen-bond donors (Lipinski definition) is 2. The molecule has 13 aromatic rings. The first-order valence-electron chi connectivity index (χ1n) is 40.0. The van der Waals surface area contributed by atoms with Gasteiger partial charge < -0.3 is 10.7 Å². The molecule has 0 spiro atoms. The summed E-state index contributed by atoms with van der Waals surface area (Å²) < 4.78 is 139. The molecule has 0 unspecified atom stereocenters. The molecule has 8 aliphatic rings. The van der Waals surface area contributed by atoms with E-state index in [2.05, 4.69) is 141 Å². The molecule has 23 nitrogen and oxygen atoms in total. The van der Waals surface area contributed by atoms with Gasteiger partial charge >= 0.3 is 5.69 Å². The van der Waals surface area contributed by atoms with Crippen LogP contribution >= 0.6 is 11.6 Å². The summed E-state index contributed by atoms with van der Waals surface area (Å²) in [7, 11) is -3.14. The molecule has 21 rings (SSSR count). The monoisotopic (exact) mass is 1690 g/mol. The number of aromatic amines is 1. The van der Waals surface area contributed by atoms with E-state index < -0.39 is 83.7 Å². The van der Waals surface area contributed by atoms with Crippen LogP contribution in [-0.2, 0) is 37.9 Å². The number of nitrogens with two attached hydrogens (primary N) is 1. The maximum Gasteiger partial charge on any atom is 0.345 e. The first-order valence-corrected chi connectivity index (χ1v) is 42.4. The molecule has 4 saturated carbocycles. The Morgan fingerprint density at radius 3 is 1.14 bits per heavy atom. The lowest BCUT2D eigenvalue weighted by molar-refractivity contribution is 0.242. The van der Waals surface area contributed by atoms with Gasteiger partial charge in [0.25, 0.3) is 5.95 Å². The Morgan fingerprint density at radius 2 is 0.770 bits per heavy atom. The third kappa shape index (κ3) is 12.1. The highest BCUT2D eigenvalue weighted by atomic mass is 35.5. The van der Waals surface area contributed by atoms with E-state index in [0.29, 0.717) is 11.8 Å².